The Kier molecular flexibility index (Phi) is 3.90. The van der Waals surface area contributed by atoms with Gasteiger partial charge in [-0.1, -0.05) is 28.1 Å². The van der Waals surface area contributed by atoms with Crippen LogP contribution in [0.2, 0.25) is 0 Å². The van der Waals surface area contributed by atoms with Gasteiger partial charge in [0.05, 0.1) is 16.3 Å². The number of aromatic nitrogens is 4. The zero-order valence-corrected chi connectivity index (χ0v) is 13.5. The van der Waals surface area contributed by atoms with E-state index in [1.165, 1.54) is 23.1 Å². The van der Waals surface area contributed by atoms with Gasteiger partial charge in [0.2, 0.25) is 0 Å². The van der Waals surface area contributed by atoms with Crippen LogP contribution in [-0.2, 0) is 10.0 Å². The molecule has 0 aliphatic heterocycles. The number of nitrogens with one attached hydrogen (secondary N) is 1. The number of tetrazole rings is 1. The highest BCUT2D eigenvalue weighted by molar-refractivity contribution is 9.10. The standard InChI is InChI=1S/C13H10BrN5O2S/c14-10-5-7-11(8-6-10)22(20,21)16-12-3-1-2-4-13(12)19-9-15-17-18-19/h1-9,16H. The van der Waals surface area contributed by atoms with Crippen molar-refractivity contribution in [1.82, 2.24) is 20.2 Å². The summed E-state index contributed by atoms with van der Waals surface area (Å²) in [4.78, 5) is 0.169. The van der Waals surface area contributed by atoms with Crippen molar-refractivity contribution in [2.45, 2.75) is 4.90 Å². The first-order valence-corrected chi connectivity index (χ1v) is 8.45. The van der Waals surface area contributed by atoms with E-state index >= 15 is 0 Å². The van der Waals surface area contributed by atoms with Gasteiger partial charge in [-0.25, -0.2) is 8.42 Å². The molecule has 0 aliphatic carbocycles. The molecule has 0 amide bonds. The summed E-state index contributed by atoms with van der Waals surface area (Å²) in [5.41, 5.74) is 0.922. The van der Waals surface area contributed by atoms with Crippen molar-refractivity contribution in [1.29, 1.82) is 0 Å². The van der Waals surface area contributed by atoms with Crippen molar-refractivity contribution in [3.63, 3.8) is 0 Å². The maximum absolute atomic E-state index is 12.4. The molecule has 2 aromatic carbocycles. The van der Waals surface area contributed by atoms with E-state index in [1.807, 2.05) is 0 Å². The third-order valence-corrected chi connectivity index (χ3v) is 4.78. The molecule has 3 rings (SSSR count). The van der Waals surface area contributed by atoms with E-state index in [4.69, 9.17) is 0 Å². The van der Waals surface area contributed by atoms with E-state index in [-0.39, 0.29) is 4.90 Å². The highest BCUT2D eigenvalue weighted by Gasteiger charge is 2.16. The van der Waals surface area contributed by atoms with Crippen LogP contribution in [0, 0.1) is 0 Å². The van der Waals surface area contributed by atoms with Crippen molar-refractivity contribution < 1.29 is 8.42 Å². The Balaban J connectivity index is 1.98. The molecule has 0 saturated carbocycles. The Morgan fingerprint density at radius 2 is 1.77 bits per heavy atom. The molecule has 0 atom stereocenters. The summed E-state index contributed by atoms with van der Waals surface area (Å²) in [5.74, 6) is 0. The van der Waals surface area contributed by atoms with Crippen LogP contribution in [0.5, 0.6) is 0 Å². The molecule has 3 aromatic rings. The van der Waals surface area contributed by atoms with E-state index in [1.54, 1.807) is 36.4 Å². The summed E-state index contributed by atoms with van der Waals surface area (Å²) in [7, 11) is -3.70. The fourth-order valence-corrected chi connectivity index (χ4v) is 3.19. The van der Waals surface area contributed by atoms with Crippen molar-refractivity contribution >= 4 is 31.6 Å². The molecular weight excluding hydrogens is 370 g/mol. The molecule has 0 bridgehead atoms. The first-order chi connectivity index (χ1) is 10.6. The molecule has 0 saturated heterocycles. The number of benzene rings is 2. The molecule has 0 spiro atoms. The van der Waals surface area contributed by atoms with Crippen LogP contribution in [0.3, 0.4) is 0 Å². The molecule has 0 aliphatic rings. The first kappa shape index (κ1) is 14.7. The minimum atomic E-state index is -3.70. The van der Waals surface area contributed by atoms with Crippen LogP contribution >= 0.6 is 15.9 Å². The molecule has 22 heavy (non-hydrogen) atoms. The van der Waals surface area contributed by atoms with Gasteiger partial charge < -0.3 is 0 Å². The van der Waals surface area contributed by atoms with Crippen LogP contribution in [-0.4, -0.2) is 28.6 Å². The van der Waals surface area contributed by atoms with Gasteiger partial charge in [0.25, 0.3) is 10.0 Å². The lowest BCUT2D eigenvalue weighted by Crippen LogP contribution is -2.14. The van der Waals surface area contributed by atoms with Gasteiger partial charge >= 0.3 is 0 Å². The van der Waals surface area contributed by atoms with Crippen LogP contribution in [0.25, 0.3) is 5.69 Å². The smallest absolute Gasteiger partial charge is 0.261 e. The van der Waals surface area contributed by atoms with Gasteiger partial charge in [-0.05, 0) is 46.8 Å². The lowest BCUT2D eigenvalue weighted by molar-refractivity contribution is 0.601. The van der Waals surface area contributed by atoms with E-state index < -0.39 is 10.0 Å². The van der Waals surface area contributed by atoms with Crippen LogP contribution < -0.4 is 4.72 Å². The predicted octanol–water partition coefficient (Wildman–Crippen LogP) is 2.23. The molecule has 1 aromatic heterocycles. The number of hydrogen-bond donors (Lipinski definition) is 1. The Labute approximate surface area is 135 Å². The molecule has 1 N–H and O–H groups in total. The fraction of sp³-hybridized carbons (Fsp3) is 0. The second-order valence-electron chi connectivity index (χ2n) is 4.33. The normalized spacial score (nSPS) is 11.3. The van der Waals surface area contributed by atoms with Crippen molar-refractivity contribution in [3.05, 3.63) is 59.3 Å². The van der Waals surface area contributed by atoms with E-state index in [0.29, 0.717) is 11.4 Å². The first-order valence-electron chi connectivity index (χ1n) is 6.17. The molecule has 0 radical (unpaired) electrons. The van der Waals surface area contributed by atoms with E-state index in [0.717, 1.165) is 4.47 Å². The summed E-state index contributed by atoms with van der Waals surface area (Å²) in [6.07, 6.45) is 1.40. The molecule has 9 heteroatoms. The second-order valence-corrected chi connectivity index (χ2v) is 6.93. The number of anilines is 1. The maximum Gasteiger partial charge on any atom is 0.261 e. The average Bonchev–Trinajstić information content (AvgIpc) is 3.02. The van der Waals surface area contributed by atoms with Crippen LogP contribution in [0.1, 0.15) is 0 Å². The number of rotatable bonds is 4. The second kappa shape index (κ2) is 5.85. The molecular formula is C13H10BrN5O2S. The summed E-state index contributed by atoms with van der Waals surface area (Å²) in [6.45, 7) is 0. The molecule has 7 nitrogen and oxygen atoms in total. The van der Waals surface area contributed by atoms with Gasteiger partial charge in [0.1, 0.15) is 6.33 Å². The topological polar surface area (TPSA) is 89.8 Å². The Hall–Kier alpha value is -2.26. The van der Waals surface area contributed by atoms with Crippen molar-refractivity contribution in [3.8, 4) is 5.69 Å². The molecule has 0 unspecified atom stereocenters. The third-order valence-electron chi connectivity index (χ3n) is 2.87. The largest absolute Gasteiger partial charge is 0.277 e. The SMILES string of the molecule is O=S(=O)(Nc1ccccc1-n1cnnn1)c1ccc(Br)cc1. The van der Waals surface area contributed by atoms with Crippen LogP contribution in [0.15, 0.2) is 64.2 Å². The highest BCUT2D eigenvalue weighted by atomic mass is 79.9. The lowest BCUT2D eigenvalue weighted by atomic mass is 10.3. The monoisotopic (exact) mass is 379 g/mol. The van der Waals surface area contributed by atoms with Gasteiger partial charge in [0, 0.05) is 4.47 Å². The highest BCUT2D eigenvalue weighted by Crippen LogP contribution is 2.23. The summed E-state index contributed by atoms with van der Waals surface area (Å²) in [5, 5.41) is 10.9. The van der Waals surface area contributed by atoms with Crippen molar-refractivity contribution in [2.75, 3.05) is 4.72 Å². The number of hydrogen-bond acceptors (Lipinski definition) is 5. The Bertz CT molecular complexity index is 879. The number of nitrogens with zero attached hydrogens (tertiary/aromatic N) is 4. The van der Waals surface area contributed by atoms with Gasteiger partial charge in [0.15, 0.2) is 0 Å². The molecule has 1 heterocycles. The number of para-hydroxylation sites is 2. The van der Waals surface area contributed by atoms with Crippen molar-refractivity contribution in [2.24, 2.45) is 0 Å². The van der Waals surface area contributed by atoms with Gasteiger partial charge in [-0.2, -0.15) is 4.68 Å². The zero-order valence-electron chi connectivity index (χ0n) is 11.1. The van der Waals surface area contributed by atoms with Gasteiger partial charge in [-0.15, -0.1) is 5.10 Å². The predicted molar refractivity (Wildman–Crippen MR) is 84.1 cm³/mol. The quantitative estimate of drug-likeness (QED) is 0.750. The average molecular weight is 380 g/mol. The molecule has 112 valence electrons. The molecule has 0 fully saturated rings. The third kappa shape index (κ3) is 3.00. The minimum absolute atomic E-state index is 0.169. The Morgan fingerprint density at radius 3 is 2.45 bits per heavy atom. The lowest BCUT2D eigenvalue weighted by Gasteiger charge is -2.11. The summed E-state index contributed by atoms with van der Waals surface area (Å²) >= 11 is 3.28. The van der Waals surface area contributed by atoms with E-state index in [9.17, 15) is 8.42 Å². The Morgan fingerprint density at radius 1 is 1.05 bits per heavy atom. The number of halogens is 1. The maximum atomic E-state index is 12.4. The van der Waals surface area contributed by atoms with E-state index in [2.05, 4.69) is 36.2 Å². The summed E-state index contributed by atoms with van der Waals surface area (Å²) < 4.78 is 29.6. The zero-order chi connectivity index (χ0) is 15.6. The fourth-order valence-electron chi connectivity index (χ4n) is 1.85. The van der Waals surface area contributed by atoms with Crippen LogP contribution in [0.4, 0.5) is 5.69 Å². The minimum Gasteiger partial charge on any atom is -0.277 e. The van der Waals surface area contributed by atoms with Gasteiger partial charge in [-0.3, -0.25) is 4.72 Å². The summed E-state index contributed by atoms with van der Waals surface area (Å²) in [6, 6.07) is 13.2. The number of sulfonamides is 1.